The first kappa shape index (κ1) is 10.5. The van der Waals surface area contributed by atoms with Crippen LogP contribution in [0.4, 0.5) is 5.82 Å². The van der Waals surface area contributed by atoms with Gasteiger partial charge in [0.2, 0.25) is 0 Å². The molecule has 1 unspecified atom stereocenters. The van der Waals surface area contributed by atoms with Crippen molar-refractivity contribution in [2.24, 2.45) is 0 Å². The fourth-order valence-electron chi connectivity index (χ4n) is 2.64. The molecule has 0 saturated heterocycles. The third-order valence-electron chi connectivity index (χ3n) is 3.60. The maximum Gasteiger partial charge on any atom is 0.183 e. The van der Waals surface area contributed by atoms with Crippen LogP contribution >= 0.6 is 0 Å². The summed E-state index contributed by atoms with van der Waals surface area (Å²) >= 11 is 0. The molecule has 19 heavy (non-hydrogen) atoms. The molecule has 1 N–H and O–H groups in total. The van der Waals surface area contributed by atoms with E-state index in [0.29, 0.717) is 5.92 Å². The number of hydrogen-bond acceptors (Lipinski definition) is 4. The molecule has 0 saturated carbocycles. The van der Waals surface area contributed by atoms with Crippen LogP contribution in [-0.4, -0.2) is 26.3 Å². The van der Waals surface area contributed by atoms with Gasteiger partial charge in [0.05, 0.1) is 11.9 Å². The van der Waals surface area contributed by atoms with Gasteiger partial charge in [-0.2, -0.15) is 5.10 Å². The monoisotopic (exact) mass is 251 g/mol. The van der Waals surface area contributed by atoms with E-state index in [9.17, 15) is 0 Å². The predicted molar refractivity (Wildman–Crippen MR) is 73.0 cm³/mol. The molecule has 0 aliphatic carbocycles. The van der Waals surface area contributed by atoms with E-state index in [2.05, 4.69) is 38.6 Å². The second kappa shape index (κ2) is 4.05. The Kier molecular flexibility index (Phi) is 2.24. The molecule has 1 atom stereocenters. The summed E-state index contributed by atoms with van der Waals surface area (Å²) in [5.74, 6) is 1.50. The Morgan fingerprint density at radius 3 is 2.95 bits per heavy atom. The Morgan fingerprint density at radius 1 is 1.16 bits per heavy atom. The zero-order valence-corrected chi connectivity index (χ0v) is 10.3. The summed E-state index contributed by atoms with van der Waals surface area (Å²) in [5.41, 5.74) is 2.10. The lowest BCUT2D eigenvalue weighted by molar-refractivity contribution is 0.508. The summed E-state index contributed by atoms with van der Waals surface area (Å²) in [5, 5.41) is 9.12. The molecular formula is C14H13N5. The van der Waals surface area contributed by atoms with E-state index >= 15 is 0 Å². The van der Waals surface area contributed by atoms with Crippen molar-refractivity contribution in [3.63, 3.8) is 0 Å². The quantitative estimate of drug-likeness (QED) is 0.719. The van der Waals surface area contributed by atoms with Crippen LogP contribution in [0.5, 0.6) is 0 Å². The second-order valence-electron chi connectivity index (χ2n) is 4.76. The number of anilines is 1. The van der Waals surface area contributed by atoms with E-state index < -0.39 is 0 Å². The lowest BCUT2D eigenvalue weighted by Gasteiger charge is -2.25. The Bertz CT molecular complexity index is 719. The third kappa shape index (κ3) is 1.66. The Balaban J connectivity index is 1.74. The van der Waals surface area contributed by atoms with Gasteiger partial charge in [-0.05, 0) is 29.8 Å². The molecule has 4 heterocycles. The fourth-order valence-corrected chi connectivity index (χ4v) is 2.64. The van der Waals surface area contributed by atoms with Crippen LogP contribution in [0.3, 0.4) is 0 Å². The maximum absolute atomic E-state index is 4.56. The van der Waals surface area contributed by atoms with Crippen LogP contribution in [0.1, 0.15) is 11.5 Å². The molecule has 1 aliphatic heterocycles. The smallest absolute Gasteiger partial charge is 0.183 e. The topological polar surface area (TPSA) is 55.6 Å². The van der Waals surface area contributed by atoms with Gasteiger partial charge in [0.25, 0.3) is 0 Å². The van der Waals surface area contributed by atoms with Gasteiger partial charge < -0.3 is 5.32 Å². The zero-order chi connectivity index (χ0) is 12.7. The Morgan fingerprint density at radius 2 is 2.05 bits per heavy atom. The highest BCUT2D eigenvalue weighted by Crippen LogP contribution is 2.29. The molecular weight excluding hydrogens is 238 g/mol. The molecule has 5 nitrogen and oxygen atoms in total. The Hall–Kier alpha value is -2.43. The molecule has 5 heteroatoms. The van der Waals surface area contributed by atoms with Crippen LogP contribution in [0.15, 0.2) is 42.9 Å². The van der Waals surface area contributed by atoms with Crippen molar-refractivity contribution in [3.8, 4) is 0 Å². The number of aromatic nitrogens is 4. The van der Waals surface area contributed by atoms with Gasteiger partial charge in [0.15, 0.2) is 5.65 Å². The summed E-state index contributed by atoms with van der Waals surface area (Å²) in [6.45, 7) is 1.79. The normalized spacial score (nSPS) is 18.0. The van der Waals surface area contributed by atoms with Gasteiger partial charge in [0.1, 0.15) is 5.82 Å². The van der Waals surface area contributed by atoms with Gasteiger partial charge >= 0.3 is 0 Å². The van der Waals surface area contributed by atoms with Crippen molar-refractivity contribution >= 4 is 16.9 Å². The number of nitrogens with one attached hydrogen (secondary N) is 1. The minimum atomic E-state index is 0.421. The SMILES string of the molecule is c1cnc2nn3c(c2c1)NCC(c1ccncc1)C3. The van der Waals surface area contributed by atoms with Crippen molar-refractivity contribution in [1.82, 2.24) is 19.7 Å². The fraction of sp³-hybridized carbons (Fsp3) is 0.214. The summed E-state index contributed by atoms with van der Waals surface area (Å²) < 4.78 is 2.02. The molecule has 0 spiro atoms. The first-order valence-electron chi connectivity index (χ1n) is 6.37. The molecule has 0 aromatic carbocycles. The van der Waals surface area contributed by atoms with E-state index in [1.807, 2.05) is 23.1 Å². The minimum absolute atomic E-state index is 0.421. The molecule has 0 bridgehead atoms. The van der Waals surface area contributed by atoms with Crippen LogP contribution in [0.2, 0.25) is 0 Å². The molecule has 0 fully saturated rings. The zero-order valence-electron chi connectivity index (χ0n) is 10.3. The van der Waals surface area contributed by atoms with E-state index in [-0.39, 0.29) is 0 Å². The summed E-state index contributed by atoms with van der Waals surface area (Å²) in [6.07, 6.45) is 5.46. The molecule has 4 rings (SSSR count). The highest BCUT2D eigenvalue weighted by molar-refractivity contribution is 5.87. The van der Waals surface area contributed by atoms with Crippen molar-refractivity contribution in [2.45, 2.75) is 12.5 Å². The second-order valence-corrected chi connectivity index (χ2v) is 4.76. The van der Waals surface area contributed by atoms with Crippen molar-refractivity contribution in [3.05, 3.63) is 48.4 Å². The summed E-state index contributed by atoms with van der Waals surface area (Å²) in [7, 11) is 0. The van der Waals surface area contributed by atoms with Crippen molar-refractivity contribution in [2.75, 3.05) is 11.9 Å². The molecule has 0 radical (unpaired) electrons. The molecule has 3 aromatic heterocycles. The number of nitrogens with zero attached hydrogens (tertiary/aromatic N) is 4. The summed E-state index contributed by atoms with van der Waals surface area (Å²) in [4.78, 5) is 8.37. The molecule has 3 aromatic rings. The first-order valence-corrected chi connectivity index (χ1v) is 6.37. The van der Waals surface area contributed by atoms with E-state index in [4.69, 9.17) is 0 Å². The van der Waals surface area contributed by atoms with Crippen molar-refractivity contribution in [1.29, 1.82) is 0 Å². The summed E-state index contributed by atoms with van der Waals surface area (Å²) in [6, 6.07) is 8.14. The molecule has 0 amide bonds. The first-order chi connectivity index (χ1) is 9.42. The maximum atomic E-state index is 4.56. The van der Waals surface area contributed by atoms with E-state index in [0.717, 1.165) is 29.9 Å². The van der Waals surface area contributed by atoms with Crippen LogP contribution in [0, 0.1) is 0 Å². The van der Waals surface area contributed by atoms with Gasteiger partial charge in [-0.15, -0.1) is 0 Å². The average Bonchev–Trinajstić information content (AvgIpc) is 2.86. The number of rotatable bonds is 1. The molecule has 1 aliphatic rings. The van der Waals surface area contributed by atoms with Crippen LogP contribution in [-0.2, 0) is 6.54 Å². The number of hydrogen-bond donors (Lipinski definition) is 1. The Labute approximate surface area is 110 Å². The van der Waals surface area contributed by atoms with E-state index in [1.165, 1.54) is 5.56 Å². The average molecular weight is 251 g/mol. The number of pyridine rings is 2. The van der Waals surface area contributed by atoms with Crippen molar-refractivity contribution < 1.29 is 0 Å². The highest BCUT2D eigenvalue weighted by atomic mass is 15.4. The van der Waals surface area contributed by atoms with Gasteiger partial charge in [-0.1, -0.05) is 0 Å². The predicted octanol–water partition coefficient (Wildman–Crippen LogP) is 2.04. The number of fused-ring (bicyclic) bond motifs is 3. The van der Waals surface area contributed by atoms with E-state index in [1.54, 1.807) is 6.20 Å². The largest absolute Gasteiger partial charge is 0.369 e. The van der Waals surface area contributed by atoms with Gasteiger partial charge in [-0.25, -0.2) is 9.67 Å². The highest BCUT2D eigenvalue weighted by Gasteiger charge is 2.22. The van der Waals surface area contributed by atoms with Crippen LogP contribution < -0.4 is 5.32 Å². The third-order valence-corrected chi connectivity index (χ3v) is 3.60. The lowest BCUT2D eigenvalue weighted by atomic mass is 9.99. The molecule has 94 valence electrons. The van der Waals surface area contributed by atoms with Crippen LogP contribution in [0.25, 0.3) is 11.0 Å². The lowest BCUT2D eigenvalue weighted by Crippen LogP contribution is -2.26. The minimum Gasteiger partial charge on any atom is -0.369 e. The van der Waals surface area contributed by atoms with Gasteiger partial charge in [-0.3, -0.25) is 4.98 Å². The standard InChI is InChI=1S/C14H13N5/c1-2-12-13(16-5-1)18-19-9-11(8-17-14(12)19)10-3-6-15-7-4-10/h1-7,11,17H,8-9H2. The van der Waals surface area contributed by atoms with Gasteiger partial charge in [0, 0.05) is 31.1 Å².